The van der Waals surface area contributed by atoms with E-state index < -0.39 is 6.04 Å². The molecule has 8 nitrogen and oxygen atoms in total. The van der Waals surface area contributed by atoms with Crippen LogP contribution in [0.3, 0.4) is 0 Å². The van der Waals surface area contributed by atoms with Gasteiger partial charge in [-0.05, 0) is 29.7 Å². The molecule has 8 heteroatoms. The van der Waals surface area contributed by atoms with E-state index in [9.17, 15) is 14.4 Å². The molecule has 0 saturated heterocycles. The summed E-state index contributed by atoms with van der Waals surface area (Å²) in [4.78, 5) is 41.0. The van der Waals surface area contributed by atoms with Crippen molar-refractivity contribution in [2.75, 3.05) is 0 Å². The maximum absolute atomic E-state index is 12.6. The Morgan fingerprint density at radius 2 is 1.76 bits per heavy atom. The number of pyridine rings is 1. The molecule has 150 valence electrons. The number of amides is 2. The lowest BCUT2D eigenvalue weighted by Gasteiger charge is -2.22. The standard InChI is InChI=1S/C21H23N5O3/c1-13(2)19(21(29)23-12-14-7-9-22-10-8-14)24-18(27)11-17-15-5-3-4-6-16(15)20(28)26-25-17/h3-10,13,19H,11-12H2,1-2H3,(H,23,29)(H,24,27)(H,26,28). The van der Waals surface area contributed by atoms with Crippen LogP contribution in [0, 0.1) is 5.92 Å². The highest BCUT2D eigenvalue weighted by Gasteiger charge is 2.24. The van der Waals surface area contributed by atoms with E-state index in [1.807, 2.05) is 26.0 Å². The number of nitrogens with one attached hydrogen (secondary N) is 3. The molecule has 0 aliphatic rings. The second-order valence-corrected chi connectivity index (χ2v) is 7.08. The number of aromatic amines is 1. The SMILES string of the molecule is CC(C)C(NC(=O)Cc1n[nH]c(=O)c2ccccc12)C(=O)NCc1ccncc1. The van der Waals surface area contributed by atoms with Crippen molar-refractivity contribution >= 4 is 22.6 Å². The minimum atomic E-state index is -0.682. The van der Waals surface area contributed by atoms with Crippen LogP contribution in [0.5, 0.6) is 0 Å². The van der Waals surface area contributed by atoms with Crippen molar-refractivity contribution < 1.29 is 9.59 Å². The Morgan fingerprint density at radius 1 is 1.07 bits per heavy atom. The lowest BCUT2D eigenvalue weighted by molar-refractivity contribution is -0.129. The zero-order valence-corrected chi connectivity index (χ0v) is 16.3. The van der Waals surface area contributed by atoms with Gasteiger partial charge in [-0.1, -0.05) is 32.0 Å². The van der Waals surface area contributed by atoms with Crippen molar-refractivity contribution in [2.24, 2.45) is 5.92 Å². The molecule has 0 bridgehead atoms. The Hall–Kier alpha value is -3.55. The van der Waals surface area contributed by atoms with E-state index in [0.29, 0.717) is 23.0 Å². The van der Waals surface area contributed by atoms with E-state index in [0.717, 1.165) is 5.56 Å². The maximum Gasteiger partial charge on any atom is 0.272 e. The molecule has 1 unspecified atom stereocenters. The first-order valence-electron chi connectivity index (χ1n) is 9.38. The quantitative estimate of drug-likeness (QED) is 0.560. The van der Waals surface area contributed by atoms with Gasteiger partial charge in [-0.15, -0.1) is 0 Å². The molecule has 0 spiro atoms. The van der Waals surface area contributed by atoms with Gasteiger partial charge in [-0.25, -0.2) is 5.10 Å². The Kier molecular flexibility index (Phi) is 6.33. The van der Waals surface area contributed by atoms with Crippen LogP contribution in [0.2, 0.25) is 0 Å². The van der Waals surface area contributed by atoms with Crippen molar-refractivity contribution in [1.82, 2.24) is 25.8 Å². The minimum Gasteiger partial charge on any atom is -0.350 e. The molecule has 3 rings (SSSR count). The van der Waals surface area contributed by atoms with Crippen LogP contribution in [-0.2, 0) is 22.6 Å². The maximum atomic E-state index is 12.6. The van der Waals surface area contributed by atoms with Gasteiger partial charge in [0, 0.05) is 24.3 Å². The minimum absolute atomic E-state index is 0.0435. The van der Waals surface area contributed by atoms with Gasteiger partial charge in [0.2, 0.25) is 11.8 Å². The van der Waals surface area contributed by atoms with Gasteiger partial charge in [-0.3, -0.25) is 19.4 Å². The first-order valence-corrected chi connectivity index (χ1v) is 9.38. The molecule has 0 aliphatic heterocycles. The Morgan fingerprint density at radius 3 is 2.45 bits per heavy atom. The molecule has 0 fully saturated rings. The molecule has 3 N–H and O–H groups in total. The van der Waals surface area contributed by atoms with Crippen molar-refractivity contribution in [2.45, 2.75) is 32.9 Å². The number of rotatable bonds is 7. The van der Waals surface area contributed by atoms with E-state index in [4.69, 9.17) is 0 Å². The van der Waals surface area contributed by atoms with Gasteiger partial charge in [-0.2, -0.15) is 5.10 Å². The second-order valence-electron chi connectivity index (χ2n) is 7.08. The summed E-state index contributed by atoms with van der Waals surface area (Å²) >= 11 is 0. The number of hydrogen-bond donors (Lipinski definition) is 3. The Labute approximate surface area is 167 Å². The van der Waals surface area contributed by atoms with Gasteiger partial charge in [0.25, 0.3) is 5.56 Å². The van der Waals surface area contributed by atoms with E-state index in [-0.39, 0.29) is 29.7 Å². The molecular weight excluding hydrogens is 370 g/mol. The highest BCUT2D eigenvalue weighted by Crippen LogP contribution is 2.13. The summed E-state index contributed by atoms with van der Waals surface area (Å²) in [7, 11) is 0. The summed E-state index contributed by atoms with van der Waals surface area (Å²) in [5, 5.41) is 13.2. The average Bonchev–Trinajstić information content (AvgIpc) is 2.73. The van der Waals surface area contributed by atoms with Gasteiger partial charge in [0.15, 0.2) is 0 Å². The summed E-state index contributed by atoms with van der Waals surface area (Å²) in [5.41, 5.74) is 1.07. The molecule has 0 radical (unpaired) electrons. The molecule has 3 aromatic rings. The van der Waals surface area contributed by atoms with Crippen LogP contribution in [-0.4, -0.2) is 33.0 Å². The van der Waals surface area contributed by atoms with Gasteiger partial charge in [0.1, 0.15) is 6.04 Å². The van der Waals surface area contributed by atoms with E-state index in [1.165, 1.54) is 0 Å². The largest absolute Gasteiger partial charge is 0.350 e. The number of aromatic nitrogens is 3. The molecule has 0 aliphatic carbocycles. The lowest BCUT2D eigenvalue weighted by Crippen LogP contribution is -2.50. The van der Waals surface area contributed by atoms with Crippen molar-refractivity contribution in [1.29, 1.82) is 0 Å². The molecule has 29 heavy (non-hydrogen) atoms. The number of nitrogens with zero attached hydrogens (tertiary/aromatic N) is 2. The fraction of sp³-hybridized carbons (Fsp3) is 0.286. The van der Waals surface area contributed by atoms with E-state index in [2.05, 4.69) is 25.8 Å². The third-order valence-corrected chi connectivity index (χ3v) is 4.58. The predicted molar refractivity (Wildman–Crippen MR) is 109 cm³/mol. The third kappa shape index (κ3) is 5.04. The monoisotopic (exact) mass is 393 g/mol. The first-order chi connectivity index (χ1) is 14.0. The zero-order chi connectivity index (χ0) is 20.8. The van der Waals surface area contributed by atoms with Crippen LogP contribution in [0.15, 0.2) is 53.6 Å². The van der Waals surface area contributed by atoms with Crippen LogP contribution in [0.1, 0.15) is 25.1 Å². The summed E-state index contributed by atoms with van der Waals surface area (Å²) in [6.07, 6.45) is 3.27. The topological polar surface area (TPSA) is 117 Å². The lowest BCUT2D eigenvalue weighted by atomic mass is 10.0. The van der Waals surface area contributed by atoms with E-state index in [1.54, 1.807) is 36.7 Å². The summed E-state index contributed by atoms with van der Waals surface area (Å²) in [6.45, 7) is 4.09. The van der Waals surface area contributed by atoms with Crippen LogP contribution < -0.4 is 16.2 Å². The number of fused-ring (bicyclic) bond motifs is 1. The highest BCUT2D eigenvalue weighted by atomic mass is 16.2. The number of H-pyrrole nitrogens is 1. The molecule has 2 amide bonds. The summed E-state index contributed by atoms with van der Waals surface area (Å²) in [6, 6.07) is 9.92. The first kappa shape index (κ1) is 20.2. The Bertz CT molecular complexity index is 1060. The van der Waals surface area contributed by atoms with Crippen molar-refractivity contribution in [3.8, 4) is 0 Å². The third-order valence-electron chi connectivity index (χ3n) is 4.58. The van der Waals surface area contributed by atoms with E-state index >= 15 is 0 Å². The smallest absolute Gasteiger partial charge is 0.272 e. The van der Waals surface area contributed by atoms with Crippen LogP contribution in [0.4, 0.5) is 0 Å². The van der Waals surface area contributed by atoms with Crippen LogP contribution in [0.25, 0.3) is 10.8 Å². The molecule has 2 aromatic heterocycles. The number of hydrogen-bond acceptors (Lipinski definition) is 5. The molecule has 2 heterocycles. The van der Waals surface area contributed by atoms with Gasteiger partial charge >= 0.3 is 0 Å². The van der Waals surface area contributed by atoms with Gasteiger partial charge in [0.05, 0.1) is 17.5 Å². The van der Waals surface area contributed by atoms with Crippen molar-refractivity contribution in [3.63, 3.8) is 0 Å². The number of carbonyl (C=O) groups excluding carboxylic acids is 2. The number of benzene rings is 1. The normalized spacial score (nSPS) is 12.0. The fourth-order valence-electron chi connectivity index (χ4n) is 3.02. The van der Waals surface area contributed by atoms with Crippen LogP contribution >= 0.6 is 0 Å². The van der Waals surface area contributed by atoms with Gasteiger partial charge < -0.3 is 10.6 Å². The Balaban J connectivity index is 1.68. The van der Waals surface area contributed by atoms with Crippen molar-refractivity contribution in [3.05, 3.63) is 70.4 Å². The molecular formula is C21H23N5O3. The molecule has 1 atom stereocenters. The average molecular weight is 393 g/mol. The predicted octanol–water partition coefficient (Wildman–Crippen LogP) is 1.32. The second kappa shape index (κ2) is 9.09. The zero-order valence-electron chi connectivity index (χ0n) is 16.3. The fourth-order valence-corrected chi connectivity index (χ4v) is 3.02. The summed E-state index contributed by atoms with van der Waals surface area (Å²) < 4.78 is 0. The highest BCUT2D eigenvalue weighted by molar-refractivity contribution is 5.91. The molecule has 0 saturated carbocycles. The number of carbonyl (C=O) groups is 2. The summed E-state index contributed by atoms with van der Waals surface area (Å²) in [5.74, 6) is -0.700. The molecule has 1 aromatic carbocycles.